The first kappa shape index (κ1) is 18.4. The summed E-state index contributed by atoms with van der Waals surface area (Å²) in [5.74, 6) is 1.80. The first-order chi connectivity index (χ1) is 12.6. The predicted octanol–water partition coefficient (Wildman–Crippen LogP) is 3.48. The van der Waals surface area contributed by atoms with E-state index in [2.05, 4.69) is 23.3 Å². The summed E-state index contributed by atoms with van der Waals surface area (Å²) in [6.07, 6.45) is 4.78. The smallest absolute Gasteiger partial charge is 0.223 e. The number of aromatic nitrogens is 1. The van der Waals surface area contributed by atoms with Crippen LogP contribution in [0.15, 0.2) is 36.5 Å². The van der Waals surface area contributed by atoms with Gasteiger partial charge in [-0.1, -0.05) is 18.6 Å². The van der Waals surface area contributed by atoms with Gasteiger partial charge in [0.25, 0.3) is 0 Å². The summed E-state index contributed by atoms with van der Waals surface area (Å²) in [5, 5.41) is 3.04. The van der Waals surface area contributed by atoms with Gasteiger partial charge in [0.15, 0.2) is 0 Å². The highest BCUT2D eigenvalue weighted by molar-refractivity contribution is 5.79. The number of benzene rings is 1. The molecule has 3 rings (SSSR count). The summed E-state index contributed by atoms with van der Waals surface area (Å²) in [4.78, 5) is 16.7. The lowest BCUT2D eigenvalue weighted by molar-refractivity contribution is -0.126. The van der Waals surface area contributed by atoms with E-state index in [-0.39, 0.29) is 11.8 Å². The average molecular weight is 353 g/mol. The topological polar surface area (TPSA) is 77.2 Å². The van der Waals surface area contributed by atoms with Gasteiger partial charge in [-0.15, -0.1) is 0 Å². The molecule has 0 unspecified atom stereocenters. The van der Waals surface area contributed by atoms with E-state index in [1.165, 1.54) is 5.56 Å². The van der Waals surface area contributed by atoms with Crippen molar-refractivity contribution in [2.45, 2.75) is 39.7 Å². The Morgan fingerprint density at radius 3 is 2.96 bits per heavy atom. The highest BCUT2D eigenvalue weighted by atomic mass is 16.5. The van der Waals surface area contributed by atoms with Gasteiger partial charge >= 0.3 is 0 Å². The van der Waals surface area contributed by atoms with Gasteiger partial charge in [0.1, 0.15) is 5.75 Å². The van der Waals surface area contributed by atoms with Crippen LogP contribution in [-0.2, 0) is 11.3 Å². The van der Waals surface area contributed by atoms with E-state index in [1.54, 1.807) is 6.20 Å². The Morgan fingerprint density at radius 1 is 1.31 bits per heavy atom. The number of carbonyl (C=O) groups is 1. The molecule has 2 atom stereocenters. The first-order valence-electron chi connectivity index (χ1n) is 9.25. The molecule has 138 valence electrons. The van der Waals surface area contributed by atoms with Gasteiger partial charge in [0, 0.05) is 24.7 Å². The van der Waals surface area contributed by atoms with Crippen LogP contribution in [-0.4, -0.2) is 17.4 Å². The van der Waals surface area contributed by atoms with Crippen molar-refractivity contribution in [1.82, 2.24) is 10.3 Å². The standard InChI is InChI=1S/C21H27N3O2/c1-14-5-3-8-19(15(14)2)26-20-11-16(9-10-23-20)13-24-21(25)18-7-4-6-17(18)12-22/h3,5,8-11,17-18H,4,6-7,12-13,22H2,1-2H3,(H,24,25)/t17-,18-/m1/s1. The minimum Gasteiger partial charge on any atom is -0.439 e. The Morgan fingerprint density at radius 2 is 2.15 bits per heavy atom. The van der Waals surface area contributed by atoms with Crippen molar-refractivity contribution >= 4 is 5.91 Å². The van der Waals surface area contributed by atoms with Crippen molar-refractivity contribution in [3.05, 3.63) is 53.2 Å². The van der Waals surface area contributed by atoms with Crippen LogP contribution in [0.5, 0.6) is 11.6 Å². The Hall–Kier alpha value is -2.40. The van der Waals surface area contributed by atoms with Gasteiger partial charge in [-0.05, 0) is 68.0 Å². The summed E-state index contributed by atoms with van der Waals surface area (Å²) < 4.78 is 5.93. The lowest BCUT2D eigenvalue weighted by Gasteiger charge is -2.17. The number of hydrogen-bond donors (Lipinski definition) is 2. The maximum atomic E-state index is 12.4. The molecule has 0 saturated heterocycles. The van der Waals surface area contributed by atoms with Crippen LogP contribution in [0, 0.1) is 25.7 Å². The zero-order valence-electron chi connectivity index (χ0n) is 15.5. The number of amides is 1. The lowest BCUT2D eigenvalue weighted by Crippen LogP contribution is -2.34. The van der Waals surface area contributed by atoms with Crippen LogP contribution < -0.4 is 15.8 Å². The fraction of sp³-hybridized carbons (Fsp3) is 0.429. The van der Waals surface area contributed by atoms with E-state index >= 15 is 0 Å². The minimum absolute atomic E-state index is 0.0486. The zero-order valence-corrected chi connectivity index (χ0v) is 15.5. The number of rotatable bonds is 6. The summed E-state index contributed by atoms with van der Waals surface area (Å²) in [5.41, 5.74) is 9.03. The molecule has 1 heterocycles. The monoisotopic (exact) mass is 353 g/mol. The van der Waals surface area contributed by atoms with Crippen LogP contribution in [0.2, 0.25) is 0 Å². The number of ether oxygens (including phenoxy) is 1. The molecule has 0 aliphatic heterocycles. The fourth-order valence-electron chi connectivity index (χ4n) is 3.55. The maximum absolute atomic E-state index is 12.4. The molecular formula is C21H27N3O2. The van der Waals surface area contributed by atoms with Gasteiger partial charge in [-0.25, -0.2) is 4.98 Å². The molecule has 3 N–H and O–H groups in total. The molecule has 1 amide bonds. The molecule has 1 aromatic heterocycles. The average Bonchev–Trinajstić information content (AvgIpc) is 3.13. The fourth-order valence-corrected chi connectivity index (χ4v) is 3.55. The molecule has 0 bridgehead atoms. The van der Waals surface area contributed by atoms with Crippen molar-refractivity contribution in [3.63, 3.8) is 0 Å². The molecule has 5 nitrogen and oxygen atoms in total. The van der Waals surface area contributed by atoms with Gasteiger partial charge < -0.3 is 15.8 Å². The van der Waals surface area contributed by atoms with Crippen molar-refractivity contribution < 1.29 is 9.53 Å². The first-order valence-corrected chi connectivity index (χ1v) is 9.25. The predicted molar refractivity (Wildman–Crippen MR) is 102 cm³/mol. The molecular weight excluding hydrogens is 326 g/mol. The van der Waals surface area contributed by atoms with Gasteiger partial charge in [0.05, 0.1) is 0 Å². The van der Waals surface area contributed by atoms with E-state index in [4.69, 9.17) is 10.5 Å². The number of pyridine rings is 1. The Bertz CT molecular complexity index is 776. The Kier molecular flexibility index (Phi) is 5.89. The second-order valence-electron chi connectivity index (χ2n) is 7.05. The van der Waals surface area contributed by atoms with E-state index in [0.717, 1.165) is 36.1 Å². The highest BCUT2D eigenvalue weighted by Gasteiger charge is 2.31. The Balaban J connectivity index is 1.62. The third kappa shape index (κ3) is 4.22. The van der Waals surface area contributed by atoms with Crippen LogP contribution in [0.1, 0.15) is 36.0 Å². The third-order valence-electron chi connectivity index (χ3n) is 5.33. The SMILES string of the molecule is Cc1cccc(Oc2cc(CNC(=O)[C@@H]3CCC[C@@H]3CN)ccn2)c1C. The normalized spacial score (nSPS) is 19.3. The van der Waals surface area contributed by atoms with Crippen LogP contribution in [0.25, 0.3) is 0 Å². The second-order valence-corrected chi connectivity index (χ2v) is 7.05. The molecule has 1 saturated carbocycles. The second kappa shape index (κ2) is 8.32. The molecule has 1 aromatic carbocycles. The number of hydrogen-bond acceptors (Lipinski definition) is 4. The van der Waals surface area contributed by atoms with Crippen LogP contribution in [0.3, 0.4) is 0 Å². The summed E-state index contributed by atoms with van der Waals surface area (Å²) >= 11 is 0. The summed E-state index contributed by atoms with van der Waals surface area (Å²) in [7, 11) is 0. The van der Waals surface area contributed by atoms with E-state index in [0.29, 0.717) is 24.9 Å². The molecule has 1 aliphatic rings. The quantitative estimate of drug-likeness (QED) is 0.833. The van der Waals surface area contributed by atoms with Gasteiger partial charge in [0.2, 0.25) is 11.8 Å². The molecule has 1 fully saturated rings. The molecule has 5 heteroatoms. The molecule has 0 radical (unpaired) electrons. The van der Waals surface area contributed by atoms with E-state index < -0.39 is 0 Å². The molecule has 2 aromatic rings. The van der Waals surface area contributed by atoms with Gasteiger partial charge in [-0.3, -0.25) is 4.79 Å². The number of aryl methyl sites for hydroxylation is 1. The van der Waals surface area contributed by atoms with Crippen molar-refractivity contribution in [2.24, 2.45) is 17.6 Å². The van der Waals surface area contributed by atoms with Crippen molar-refractivity contribution in [3.8, 4) is 11.6 Å². The number of nitrogens with two attached hydrogens (primary N) is 1. The minimum atomic E-state index is 0.0486. The maximum Gasteiger partial charge on any atom is 0.223 e. The zero-order chi connectivity index (χ0) is 18.5. The largest absolute Gasteiger partial charge is 0.439 e. The third-order valence-corrected chi connectivity index (χ3v) is 5.33. The number of carbonyl (C=O) groups excluding carboxylic acids is 1. The highest BCUT2D eigenvalue weighted by Crippen LogP contribution is 2.31. The van der Waals surface area contributed by atoms with Crippen molar-refractivity contribution in [1.29, 1.82) is 0 Å². The number of nitrogens with one attached hydrogen (secondary N) is 1. The molecule has 26 heavy (non-hydrogen) atoms. The summed E-state index contributed by atoms with van der Waals surface area (Å²) in [6.45, 7) is 5.14. The lowest BCUT2D eigenvalue weighted by atomic mass is 9.95. The molecule has 0 spiro atoms. The number of nitrogens with zero attached hydrogens (tertiary/aromatic N) is 1. The summed E-state index contributed by atoms with van der Waals surface area (Å²) in [6, 6.07) is 9.73. The molecule has 1 aliphatic carbocycles. The van der Waals surface area contributed by atoms with E-state index in [9.17, 15) is 4.79 Å². The van der Waals surface area contributed by atoms with Gasteiger partial charge in [-0.2, -0.15) is 0 Å². The Labute approximate surface area is 155 Å². The van der Waals surface area contributed by atoms with Crippen LogP contribution in [0.4, 0.5) is 0 Å². The van der Waals surface area contributed by atoms with E-state index in [1.807, 2.05) is 31.2 Å². The van der Waals surface area contributed by atoms with Crippen LogP contribution >= 0.6 is 0 Å². The van der Waals surface area contributed by atoms with Crippen molar-refractivity contribution in [2.75, 3.05) is 6.54 Å².